The molecule has 0 aliphatic heterocycles. The number of aryl methyl sites for hydroxylation is 1. The average Bonchev–Trinajstić information content (AvgIpc) is 2.90. The SMILES string of the molecule is CN=C(NCCc1ccc(F)cc1)NCc1nncn1C. The normalized spacial score (nSPS) is 11.5. The molecule has 0 radical (unpaired) electrons. The summed E-state index contributed by atoms with van der Waals surface area (Å²) in [7, 11) is 3.60. The molecule has 0 fully saturated rings. The van der Waals surface area contributed by atoms with Crippen LogP contribution < -0.4 is 10.6 Å². The highest BCUT2D eigenvalue weighted by atomic mass is 19.1. The third kappa shape index (κ3) is 4.55. The lowest BCUT2D eigenvalue weighted by Crippen LogP contribution is -2.38. The first kappa shape index (κ1) is 15.0. The molecule has 0 saturated carbocycles. The minimum atomic E-state index is -0.215. The van der Waals surface area contributed by atoms with Crippen molar-refractivity contribution in [3.8, 4) is 0 Å². The number of nitrogens with one attached hydrogen (secondary N) is 2. The minimum Gasteiger partial charge on any atom is -0.356 e. The van der Waals surface area contributed by atoms with E-state index in [1.807, 2.05) is 11.6 Å². The summed E-state index contributed by atoms with van der Waals surface area (Å²) < 4.78 is 14.6. The number of benzene rings is 1. The zero-order chi connectivity index (χ0) is 15.1. The smallest absolute Gasteiger partial charge is 0.191 e. The quantitative estimate of drug-likeness (QED) is 0.633. The van der Waals surface area contributed by atoms with Crippen molar-refractivity contribution in [3.63, 3.8) is 0 Å². The Morgan fingerprint density at radius 1 is 1.29 bits per heavy atom. The molecule has 0 aliphatic rings. The van der Waals surface area contributed by atoms with Gasteiger partial charge in [0.25, 0.3) is 0 Å². The van der Waals surface area contributed by atoms with Crippen molar-refractivity contribution in [2.24, 2.45) is 12.0 Å². The highest BCUT2D eigenvalue weighted by Gasteiger charge is 2.02. The number of nitrogens with zero attached hydrogens (tertiary/aromatic N) is 4. The molecule has 0 unspecified atom stereocenters. The van der Waals surface area contributed by atoms with Crippen molar-refractivity contribution in [1.29, 1.82) is 0 Å². The second-order valence-electron chi connectivity index (χ2n) is 4.59. The largest absolute Gasteiger partial charge is 0.356 e. The monoisotopic (exact) mass is 290 g/mol. The van der Waals surface area contributed by atoms with Gasteiger partial charge in [-0.25, -0.2) is 4.39 Å². The molecule has 6 nitrogen and oxygen atoms in total. The molecule has 1 heterocycles. The van der Waals surface area contributed by atoms with Gasteiger partial charge in [0, 0.05) is 20.6 Å². The van der Waals surface area contributed by atoms with Gasteiger partial charge in [-0.15, -0.1) is 10.2 Å². The molecule has 2 N–H and O–H groups in total. The van der Waals surface area contributed by atoms with E-state index in [9.17, 15) is 4.39 Å². The number of aliphatic imine (C=N–C) groups is 1. The fourth-order valence-electron chi connectivity index (χ4n) is 1.83. The molecule has 0 amide bonds. The predicted molar refractivity (Wildman–Crippen MR) is 79.3 cm³/mol. The third-order valence-corrected chi connectivity index (χ3v) is 3.06. The van der Waals surface area contributed by atoms with Crippen molar-refractivity contribution in [2.75, 3.05) is 13.6 Å². The first-order chi connectivity index (χ1) is 10.2. The Morgan fingerprint density at radius 2 is 2.05 bits per heavy atom. The van der Waals surface area contributed by atoms with Crippen LogP contribution in [-0.4, -0.2) is 34.3 Å². The topological polar surface area (TPSA) is 67.1 Å². The van der Waals surface area contributed by atoms with E-state index >= 15 is 0 Å². The second-order valence-corrected chi connectivity index (χ2v) is 4.59. The minimum absolute atomic E-state index is 0.215. The van der Waals surface area contributed by atoms with Crippen LogP contribution in [-0.2, 0) is 20.0 Å². The van der Waals surface area contributed by atoms with Gasteiger partial charge >= 0.3 is 0 Å². The Labute approximate surface area is 123 Å². The molecule has 2 rings (SSSR count). The molecule has 0 saturated heterocycles. The first-order valence-electron chi connectivity index (χ1n) is 6.71. The Kier molecular flexibility index (Phi) is 5.25. The first-order valence-corrected chi connectivity index (χ1v) is 6.71. The summed E-state index contributed by atoms with van der Waals surface area (Å²) in [6, 6.07) is 6.51. The number of hydrogen-bond donors (Lipinski definition) is 2. The highest BCUT2D eigenvalue weighted by molar-refractivity contribution is 5.79. The summed E-state index contributed by atoms with van der Waals surface area (Å²) in [5.41, 5.74) is 1.08. The van der Waals surface area contributed by atoms with Crippen molar-refractivity contribution in [1.82, 2.24) is 25.4 Å². The Morgan fingerprint density at radius 3 is 2.67 bits per heavy atom. The predicted octanol–water partition coefficient (Wildman–Crippen LogP) is 0.862. The summed E-state index contributed by atoms with van der Waals surface area (Å²) in [6.07, 6.45) is 2.45. The number of hydrogen-bond acceptors (Lipinski definition) is 3. The molecule has 2 aromatic rings. The van der Waals surface area contributed by atoms with Gasteiger partial charge in [0.05, 0.1) is 6.54 Å². The van der Waals surface area contributed by atoms with Crippen molar-refractivity contribution in [2.45, 2.75) is 13.0 Å². The standard InChI is InChI=1S/C14H19FN6/c1-16-14(18-9-13-20-19-10-21(13)2)17-8-7-11-3-5-12(15)6-4-11/h3-6,10H,7-9H2,1-2H3,(H2,16,17,18). The molecule has 0 atom stereocenters. The van der Waals surface area contributed by atoms with E-state index in [-0.39, 0.29) is 5.82 Å². The highest BCUT2D eigenvalue weighted by Crippen LogP contribution is 2.02. The van der Waals surface area contributed by atoms with Crippen LogP contribution in [0.15, 0.2) is 35.6 Å². The molecule has 21 heavy (non-hydrogen) atoms. The lowest BCUT2D eigenvalue weighted by Gasteiger charge is -2.11. The van der Waals surface area contributed by atoms with Gasteiger partial charge in [0.2, 0.25) is 0 Å². The Hall–Kier alpha value is -2.44. The fourth-order valence-corrected chi connectivity index (χ4v) is 1.83. The number of guanidine groups is 1. The van der Waals surface area contributed by atoms with Crippen molar-refractivity contribution >= 4 is 5.96 Å². The lowest BCUT2D eigenvalue weighted by atomic mass is 10.1. The van der Waals surface area contributed by atoms with Crippen LogP contribution in [0.2, 0.25) is 0 Å². The van der Waals surface area contributed by atoms with Gasteiger partial charge in [-0.2, -0.15) is 0 Å². The van der Waals surface area contributed by atoms with Crippen LogP contribution in [0.4, 0.5) is 4.39 Å². The fraction of sp³-hybridized carbons (Fsp3) is 0.357. The van der Waals surface area contributed by atoms with Gasteiger partial charge in [-0.3, -0.25) is 4.99 Å². The maximum absolute atomic E-state index is 12.8. The van der Waals surface area contributed by atoms with Crippen LogP contribution in [0.25, 0.3) is 0 Å². The third-order valence-electron chi connectivity index (χ3n) is 3.06. The molecular weight excluding hydrogens is 271 g/mol. The van der Waals surface area contributed by atoms with E-state index < -0.39 is 0 Å². The Bertz CT molecular complexity index is 590. The molecule has 7 heteroatoms. The molecule has 112 valence electrons. The molecular formula is C14H19FN6. The lowest BCUT2D eigenvalue weighted by molar-refractivity contribution is 0.626. The maximum Gasteiger partial charge on any atom is 0.191 e. The summed E-state index contributed by atoms with van der Waals surface area (Å²) >= 11 is 0. The van der Waals surface area contributed by atoms with E-state index in [4.69, 9.17) is 0 Å². The van der Waals surface area contributed by atoms with Crippen molar-refractivity contribution < 1.29 is 4.39 Å². The maximum atomic E-state index is 12.8. The van der Waals surface area contributed by atoms with Gasteiger partial charge in [0.15, 0.2) is 11.8 Å². The van der Waals surface area contributed by atoms with Gasteiger partial charge < -0.3 is 15.2 Å². The number of aromatic nitrogens is 3. The van der Waals surface area contributed by atoms with E-state index in [1.54, 1.807) is 25.5 Å². The van der Waals surface area contributed by atoms with Crippen LogP contribution in [0, 0.1) is 5.82 Å². The molecule has 1 aromatic heterocycles. The van der Waals surface area contributed by atoms with Crippen LogP contribution in [0.5, 0.6) is 0 Å². The number of halogens is 1. The molecule has 0 bridgehead atoms. The average molecular weight is 290 g/mol. The summed E-state index contributed by atoms with van der Waals surface area (Å²) in [5.74, 6) is 1.31. The summed E-state index contributed by atoms with van der Waals surface area (Å²) in [6.45, 7) is 1.26. The molecule has 1 aromatic carbocycles. The Balaban J connectivity index is 1.75. The molecule has 0 spiro atoms. The van der Waals surface area contributed by atoms with Gasteiger partial charge in [-0.05, 0) is 24.1 Å². The van der Waals surface area contributed by atoms with Crippen molar-refractivity contribution in [3.05, 3.63) is 47.8 Å². The van der Waals surface area contributed by atoms with Crippen LogP contribution in [0.1, 0.15) is 11.4 Å². The van der Waals surface area contributed by atoms with Crippen LogP contribution >= 0.6 is 0 Å². The van der Waals surface area contributed by atoms with E-state index in [2.05, 4.69) is 25.8 Å². The summed E-state index contributed by atoms with van der Waals surface area (Å²) in [5, 5.41) is 14.2. The van der Waals surface area contributed by atoms with Crippen LogP contribution in [0.3, 0.4) is 0 Å². The number of rotatable bonds is 5. The van der Waals surface area contributed by atoms with E-state index in [0.29, 0.717) is 19.0 Å². The molecule has 0 aliphatic carbocycles. The second kappa shape index (κ2) is 7.37. The summed E-state index contributed by atoms with van der Waals surface area (Å²) in [4.78, 5) is 4.14. The van der Waals surface area contributed by atoms with Gasteiger partial charge in [-0.1, -0.05) is 12.1 Å². The van der Waals surface area contributed by atoms with E-state index in [0.717, 1.165) is 17.8 Å². The zero-order valence-corrected chi connectivity index (χ0v) is 12.2. The van der Waals surface area contributed by atoms with Gasteiger partial charge in [0.1, 0.15) is 12.1 Å². The van der Waals surface area contributed by atoms with E-state index in [1.165, 1.54) is 12.1 Å². The zero-order valence-electron chi connectivity index (χ0n) is 12.2.